The van der Waals surface area contributed by atoms with Gasteiger partial charge in [-0.15, -0.1) is 26.3 Å². The van der Waals surface area contributed by atoms with Gasteiger partial charge in [0.1, 0.15) is 0 Å². The first-order valence-electron chi connectivity index (χ1n) is 9.56. The molecule has 0 aromatic heterocycles. The van der Waals surface area contributed by atoms with E-state index in [2.05, 4.69) is 47.1 Å². The monoisotopic (exact) mass is 322 g/mol. The molecule has 0 N–H and O–H groups in total. The highest BCUT2D eigenvalue weighted by atomic mass is 13.9. The minimum Gasteiger partial charge on any atom is -0.103 e. The molecule has 0 saturated heterocycles. The maximum absolute atomic E-state index is 3.66. The molecule has 0 aromatic rings. The summed E-state index contributed by atoms with van der Waals surface area (Å²) in [5, 5.41) is 0. The first-order chi connectivity index (χ1) is 11.2. The highest BCUT2D eigenvalue weighted by molar-refractivity contribution is 4.65. The topological polar surface area (TPSA) is 0 Å². The van der Waals surface area contributed by atoms with Crippen LogP contribution in [0.3, 0.4) is 0 Å². The van der Waals surface area contributed by atoms with Gasteiger partial charge < -0.3 is 0 Å². The van der Waals surface area contributed by atoms with Gasteiger partial charge >= 0.3 is 0 Å². The van der Waals surface area contributed by atoms with E-state index in [0.29, 0.717) is 0 Å². The van der Waals surface area contributed by atoms with Crippen molar-refractivity contribution in [1.29, 1.82) is 0 Å². The van der Waals surface area contributed by atoms with Crippen molar-refractivity contribution in [3.05, 3.63) is 50.6 Å². The van der Waals surface area contributed by atoms with Crippen molar-refractivity contribution >= 4 is 0 Å². The number of rotatable bonds is 11. The predicted octanol–water partition coefficient (Wildman–Crippen LogP) is 9.06. The minimum atomic E-state index is 1.08. The molecule has 23 heavy (non-hydrogen) atoms. The first-order valence-corrected chi connectivity index (χ1v) is 9.56. The largest absolute Gasteiger partial charge is 0.103 e. The SMILES string of the molecule is C=CC.C=CCC.C=CCCCCCC.C=CCCCCCC. The molecule has 138 valence electrons. The van der Waals surface area contributed by atoms with Gasteiger partial charge in [-0.2, -0.15) is 0 Å². The van der Waals surface area contributed by atoms with E-state index in [0.717, 1.165) is 6.42 Å². The van der Waals surface area contributed by atoms with Crippen LogP contribution >= 0.6 is 0 Å². The van der Waals surface area contributed by atoms with Crippen LogP contribution in [0.4, 0.5) is 0 Å². The van der Waals surface area contributed by atoms with Crippen molar-refractivity contribution in [3.63, 3.8) is 0 Å². The van der Waals surface area contributed by atoms with Crippen molar-refractivity contribution < 1.29 is 0 Å². The van der Waals surface area contributed by atoms with E-state index in [1.807, 2.05) is 25.2 Å². The standard InChI is InChI=1S/2C8H16.C4H8.C3H6/c2*1-3-5-7-8-6-4-2;1-3-4-2;1-3-2/h2*3H,1,4-8H2,2H3;3H,1,4H2,2H3;3H,1H2,2H3. The zero-order valence-electron chi connectivity index (χ0n) is 16.9. The maximum atomic E-state index is 3.66. The Balaban J connectivity index is -0.000000113. The summed E-state index contributed by atoms with van der Waals surface area (Å²) in [6, 6.07) is 0. The van der Waals surface area contributed by atoms with Crippen LogP contribution in [0.2, 0.25) is 0 Å². The Bertz CT molecular complexity index is 184. The fourth-order valence-electron chi connectivity index (χ4n) is 1.43. The predicted molar refractivity (Wildman–Crippen MR) is 114 cm³/mol. The molecule has 0 rings (SSSR count). The molecule has 0 heterocycles. The molecule has 0 bridgehead atoms. The van der Waals surface area contributed by atoms with Crippen molar-refractivity contribution in [2.45, 2.75) is 98.3 Å². The third-order valence-corrected chi connectivity index (χ3v) is 2.81. The maximum Gasteiger partial charge on any atom is -0.0353 e. The van der Waals surface area contributed by atoms with Gasteiger partial charge in [-0.05, 0) is 39.0 Å². The van der Waals surface area contributed by atoms with Gasteiger partial charge in [0.2, 0.25) is 0 Å². The van der Waals surface area contributed by atoms with E-state index in [-0.39, 0.29) is 0 Å². The molecule has 0 radical (unpaired) electrons. The van der Waals surface area contributed by atoms with E-state index < -0.39 is 0 Å². The lowest BCUT2D eigenvalue weighted by molar-refractivity contribution is 0.675. The van der Waals surface area contributed by atoms with Gasteiger partial charge in [0, 0.05) is 0 Å². The molecule has 0 aliphatic rings. The quantitative estimate of drug-likeness (QED) is 0.263. The average Bonchev–Trinajstić information content (AvgIpc) is 2.57. The summed E-state index contributed by atoms with van der Waals surface area (Å²) in [7, 11) is 0. The van der Waals surface area contributed by atoms with Crippen LogP contribution in [0.5, 0.6) is 0 Å². The molecular formula is C23H46. The number of hydrogen-bond acceptors (Lipinski definition) is 0. The van der Waals surface area contributed by atoms with E-state index >= 15 is 0 Å². The van der Waals surface area contributed by atoms with Gasteiger partial charge in [0.15, 0.2) is 0 Å². The number of unbranched alkanes of at least 4 members (excludes halogenated alkanes) is 8. The molecule has 0 spiro atoms. The lowest BCUT2D eigenvalue weighted by Gasteiger charge is -1.91. The highest BCUT2D eigenvalue weighted by Crippen LogP contribution is 2.02. The van der Waals surface area contributed by atoms with Crippen molar-refractivity contribution in [2.24, 2.45) is 0 Å². The van der Waals surface area contributed by atoms with Crippen LogP contribution in [-0.4, -0.2) is 0 Å². The Labute approximate surface area is 149 Å². The summed E-state index contributed by atoms with van der Waals surface area (Å²) in [5.41, 5.74) is 0. The van der Waals surface area contributed by atoms with Crippen LogP contribution in [0.15, 0.2) is 50.6 Å². The summed E-state index contributed by atoms with van der Waals surface area (Å²) >= 11 is 0. The molecule has 0 aliphatic carbocycles. The van der Waals surface area contributed by atoms with E-state index in [4.69, 9.17) is 0 Å². The van der Waals surface area contributed by atoms with Gasteiger partial charge in [0.25, 0.3) is 0 Å². The molecule has 0 aliphatic heterocycles. The van der Waals surface area contributed by atoms with Crippen molar-refractivity contribution in [1.82, 2.24) is 0 Å². The Morgan fingerprint density at radius 3 is 1.04 bits per heavy atom. The van der Waals surface area contributed by atoms with Crippen LogP contribution < -0.4 is 0 Å². The molecule has 0 heteroatoms. The molecule has 0 aromatic carbocycles. The third-order valence-electron chi connectivity index (χ3n) is 2.81. The van der Waals surface area contributed by atoms with Gasteiger partial charge in [-0.3, -0.25) is 0 Å². The molecule has 0 unspecified atom stereocenters. The summed E-state index contributed by atoms with van der Waals surface area (Å²) < 4.78 is 0. The van der Waals surface area contributed by atoms with Crippen LogP contribution in [0, 0.1) is 0 Å². The second kappa shape index (κ2) is 42.8. The molecule has 0 nitrogen and oxygen atoms in total. The fourth-order valence-corrected chi connectivity index (χ4v) is 1.43. The lowest BCUT2D eigenvalue weighted by atomic mass is 10.2. The van der Waals surface area contributed by atoms with Crippen LogP contribution in [0.1, 0.15) is 98.3 Å². The third kappa shape index (κ3) is 76.0. The van der Waals surface area contributed by atoms with Gasteiger partial charge in [-0.1, -0.05) is 83.6 Å². The second-order valence-corrected chi connectivity index (χ2v) is 5.38. The van der Waals surface area contributed by atoms with Gasteiger partial charge in [-0.25, -0.2) is 0 Å². The van der Waals surface area contributed by atoms with E-state index in [9.17, 15) is 0 Å². The minimum absolute atomic E-state index is 1.08. The zero-order valence-corrected chi connectivity index (χ0v) is 16.9. The highest BCUT2D eigenvalue weighted by Gasteiger charge is 1.82. The Kier molecular flexibility index (Phi) is 55.7. The zero-order chi connectivity index (χ0) is 18.6. The van der Waals surface area contributed by atoms with Crippen molar-refractivity contribution in [2.75, 3.05) is 0 Å². The second-order valence-electron chi connectivity index (χ2n) is 5.38. The van der Waals surface area contributed by atoms with Crippen molar-refractivity contribution in [3.8, 4) is 0 Å². The normalized spacial score (nSPS) is 8.00. The smallest absolute Gasteiger partial charge is 0.0353 e. The molecular weight excluding hydrogens is 276 g/mol. The summed E-state index contributed by atoms with van der Waals surface area (Å²) in [4.78, 5) is 0. The van der Waals surface area contributed by atoms with E-state index in [1.54, 1.807) is 6.08 Å². The molecule has 0 amide bonds. The van der Waals surface area contributed by atoms with Crippen LogP contribution in [0.25, 0.3) is 0 Å². The Morgan fingerprint density at radius 2 is 0.870 bits per heavy atom. The Morgan fingerprint density at radius 1 is 0.565 bits per heavy atom. The molecule has 0 atom stereocenters. The lowest BCUT2D eigenvalue weighted by Crippen LogP contribution is -1.71. The van der Waals surface area contributed by atoms with Crippen LogP contribution in [-0.2, 0) is 0 Å². The Hall–Kier alpha value is -1.04. The van der Waals surface area contributed by atoms with E-state index in [1.165, 1.54) is 64.2 Å². The summed E-state index contributed by atoms with van der Waals surface area (Å²) in [6.45, 7) is 22.6. The molecule has 0 fully saturated rings. The average molecular weight is 323 g/mol. The van der Waals surface area contributed by atoms with Gasteiger partial charge in [0.05, 0.1) is 0 Å². The summed E-state index contributed by atoms with van der Waals surface area (Å²) in [5.74, 6) is 0. The number of hydrogen-bond donors (Lipinski definition) is 0. The number of allylic oxidation sites excluding steroid dienone is 4. The fraction of sp³-hybridized carbons (Fsp3) is 0.652. The molecule has 0 saturated carbocycles. The first kappa shape index (κ1) is 29.9. The summed E-state index contributed by atoms with van der Waals surface area (Å²) in [6.07, 6.45) is 21.9.